The summed E-state index contributed by atoms with van der Waals surface area (Å²) in [5.74, 6) is 0. The smallest absolute Gasteiger partial charge is 0.0624 e. The Kier molecular flexibility index (Phi) is 12.0. The summed E-state index contributed by atoms with van der Waals surface area (Å²) in [7, 11) is 0. The van der Waals surface area contributed by atoms with E-state index in [2.05, 4.69) is 16.7 Å². The minimum absolute atomic E-state index is 0.269. The van der Waals surface area contributed by atoms with E-state index >= 15 is 0 Å². The molecule has 0 aromatic rings. The molecule has 0 bridgehead atoms. The molecule has 1 rings (SSSR count). The third kappa shape index (κ3) is 7.91. The van der Waals surface area contributed by atoms with Crippen molar-refractivity contribution in [2.75, 3.05) is 39.3 Å². The maximum Gasteiger partial charge on any atom is 0.0624 e. The third-order valence-corrected chi connectivity index (χ3v) is 4.89. The molecule has 22 heavy (non-hydrogen) atoms. The van der Waals surface area contributed by atoms with Crippen molar-refractivity contribution in [1.29, 1.82) is 0 Å². The van der Waals surface area contributed by atoms with Crippen LogP contribution in [0.4, 0.5) is 0 Å². The Balaban J connectivity index is 2.09. The molecule has 0 aromatic heterocycles. The summed E-state index contributed by atoms with van der Waals surface area (Å²) < 4.78 is 0. The summed E-state index contributed by atoms with van der Waals surface area (Å²) in [5, 5.41) is 9.21. The molecule has 1 aliphatic heterocycles. The van der Waals surface area contributed by atoms with Crippen LogP contribution in [0.15, 0.2) is 0 Å². The van der Waals surface area contributed by atoms with Gasteiger partial charge in [0.1, 0.15) is 0 Å². The largest absolute Gasteiger partial charge is 0.395 e. The maximum absolute atomic E-state index is 9.21. The lowest BCUT2D eigenvalue weighted by Crippen LogP contribution is -2.41. The Bertz CT molecular complexity index is 236. The SMILES string of the molecule is CCCCCCCCCCCC1N(CCN)CCN1CCO. The number of hydrogen-bond acceptors (Lipinski definition) is 4. The quantitative estimate of drug-likeness (QED) is 0.484. The molecule has 1 aliphatic rings. The predicted molar refractivity (Wildman–Crippen MR) is 94.9 cm³/mol. The van der Waals surface area contributed by atoms with Gasteiger partial charge in [0.25, 0.3) is 0 Å². The second kappa shape index (κ2) is 13.3. The Morgan fingerprint density at radius 2 is 1.41 bits per heavy atom. The lowest BCUT2D eigenvalue weighted by atomic mass is 10.1. The van der Waals surface area contributed by atoms with Crippen LogP contribution in [0.25, 0.3) is 0 Å². The van der Waals surface area contributed by atoms with Crippen LogP contribution in [0, 0.1) is 0 Å². The number of hydrogen-bond donors (Lipinski definition) is 2. The molecule has 0 spiro atoms. The van der Waals surface area contributed by atoms with Crippen molar-refractivity contribution in [3.63, 3.8) is 0 Å². The summed E-state index contributed by atoms with van der Waals surface area (Å²) in [4.78, 5) is 4.93. The van der Waals surface area contributed by atoms with Crippen LogP contribution in [0.2, 0.25) is 0 Å². The fourth-order valence-electron chi connectivity index (χ4n) is 3.60. The molecule has 0 aromatic carbocycles. The minimum Gasteiger partial charge on any atom is -0.395 e. The van der Waals surface area contributed by atoms with Gasteiger partial charge in [-0.1, -0.05) is 64.7 Å². The fourth-order valence-corrected chi connectivity index (χ4v) is 3.60. The van der Waals surface area contributed by atoms with Gasteiger partial charge in [-0.3, -0.25) is 9.80 Å². The highest BCUT2D eigenvalue weighted by Gasteiger charge is 2.29. The average molecular weight is 314 g/mol. The van der Waals surface area contributed by atoms with Gasteiger partial charge < -0.3 is 10.8 Å². The molecule has 3 N–H and O–H groups in total. The van der Waals surface area contributed by atoms with E-state index in [1.807, 2.05) is 0 Å². The van der Waals surface area contributed by atoms with E-state index in [0.717, 1.165) is 32.7 Å². The molecule has 0 saturated carbocycles. The monoisotopic (exact) mass is 313 g/mol. The first-order valence-corrected chi connectivity index (χ1v) is 9.62. The normalized spacial score (nSPS) is 20.0. The summed E-state index contributed by atoms with van der Waals surface area (Å²) in [6, 6.07) is 0. The number of β-amino-alcohol motifs (C(OH)–C–C–N with tert-alkyl or cyclic N) is 1. The molecule has 132 valence electrons. The molecule has 1 fully saturated rings. The molecule has 0 radical (unpaired) electrons. The Hall–Kier alpha value is -0.160. The van der Waals surface area contributed by atoms with E-state index in [0.29, 0.717) is 6.17 Å². The van der Waals surface area contributed by atoms with Gasteiger partial charge in [-0.2, -0.15) is 0 Å². The molecule has 1 saturated heterocycles. The number of aliphatic hydroxyl groups excluding tert-OH is 1. The first-order valence-electron chi connectivity index (χ1n) is 9.62. The van der Waals surface area contributed by atoms with Crippen LogP contribution in [0.3, 0.4) is 0 Å². The van der Waals surface area contributed by atoms with Crippen molar-refractivity contribution in [1.82, 2.24) is 9.80 Å². The lowest BCUT2D eigenvalue weighted by Gasteiger charge is -2.29. The zero-order chi connectivity index (χ0) is 16.0. The highest BCUT2D eigenvalue weighted by Crippen LogP contribution is 2.20. The van der Waals surface area contributed by atoms with Crippen molar-refractivity contribution < 1.29 is 5.11 Å². The van der Waals surface area contributed by atoms with Crippen LogP contribution in [-0.2, 0) is 0 Å². The van der Waals surface area contributed by atoms with E-state index in [-0.39, 0.29) is 6.61 Å². The van der Waals surface area contributed by atoms with Gasteiger partial charge in [0.2, 0.25) is 0 Å². The second-order valence-corrected chi connectivity index (χ2v) is 6.68. The Morgan fingerprint density at radius 1 is 0.864 bits per heavy atom. The van der Waals surface area contributed by atoms with Crippen LogP contribution in [0.1, 0.15) is 71.1 Å². The second-order valence-electron chi connectivity index (χ2n) is 6.68. The molecule has 4 heteroatoms. The number of aliphatic hydroxyl groups is 1. The van der Waals surface area contributed by atoms with Crippen molar-refractivity contribution >= 4 is 0 Å². The van der Waals surface area contributed by atoms with Gasteiger partial charge >= 0.3 is 0 Å². The molecule has 4 nitrogen and oxygen atoms in total. The average Bonchev–Trinajstić information content (AvgIpc) is 2.89. The van der Waals surface area contributed by atoms with Crippen LogP contribution < -0.4 is 5.73 Å². The van der Waals surface area contributed by atoms with Gasteiger partial charge in [0.05, 0.1) is 12.8 Å². The standard InChI is InChI=1S/C18H39N3O/c1-2-3-4-5-6-7-8-9-10-11-18-20(13-12-19)14-15-21(18)16-17-22/h18,22H,2-17,19H2,1H3. The van der Waals surface area contributed by atoms with E-state index in [1.165, 1.54) is 64.2 Å². The Labute approximate surface area is 138 Å². The Morgan fingerprint density at radius 3 is 1.95 bits per heavy atom. The summed E-state index contributed by atoms with van der Waals surface area (Å²) in [5.41, 5.74) is 5.72. The maximum atomic E-state index is 9.21. The first kappa shape index (κ1) is 19.9. The number of nitrogens with two attached hydrogens (primary N) is 1. The lowest BCUT2D eigenvalue weighted by molar-refractivity contribution is 0.107. The van der Waals surface area contributed by atoms with Crippen molar-refractivity contribution in [3.05, 3.63) is 0 Å². The number of unbranched alkanes of at least 4 members (excludes halogenated alkanes) is 8. The molecular formula is C18H39N3O. The van der Waals surface area contributed by atoms with Crippen LogP contribution in [-0.4, -0.2) is 60.4 Å². The predicted octanol–water partition coefficient (Wildman–Crippen LogP) is 2.80. The molecule has 1 unspecified atom stereocenters. The summed E-state index contributed by atoms with van der Waals surface area (Å²) in [6.45, 7) is 7.28. The van der Waals surface area contributed by atoms with E-state index < -0.39 is 0 Å². The molecule has 0 aliphatic carbocycles. The molecule has 1 atom stereocenters. The number of rotatable bonds is 14. The van der Waals surface area contributed by atoms with Gasteiger partial charge in [0.15, 0.2) is 0 Å². The van der Waals surface area contributed by atoms with E-state index in [1.54, 1.807) is 0 Å². The van der Waals surface area contributed by atoms with Crippen molar-refractivity contribution in [2.24, 2.45) is 5.73 Å². The van der Waals surface area contributed by atoms with Gasteiger partial charge in [-0.25, -0.2) is 0 Å². The molecule has 1 heterocycles. The first-order chi connectivity index (χ1) is 10.8. The molecular weight excluding hydrogens is 274 g/mol. The van der Waals surface area contributed by atoms with Crippen molar-refractivity contribution in [3.8, 4) is 0 Å². The highest BCUT2D eigenvalue weighted by atomic mass is 16.3. The zero-order valence-electron chi connectivity index (χ0n) is 14.8. The fraction of sp³-hybridized carbons (Fsp3) is 1.00. The van der Waals surface area contributed by atoms with E-state index in [9.17, 15) is 5.11 Å². The number of nitrogens with zero attached hydrogens (tertiary/aromatic N) is 2. The van der Waals surface area contributed by atoms with Gasteiger partial charge in [-0.15, -0.1) is 0 Å². The van der Waals surface area contributed by atoms with E-state index in [4.69, 9.17) is 5.73 Å². The van der Waals surface area contributed by atoms with Crippen LogP contribution in [0.5, 0.6) is 0 Å². The summed E-state index contributed by atoms with van der Waals surface area (Å²) >= 11 is 0. The highest BCUT2D eigenvalue weighted by molar-refractivity contribution is 4.81. The van der Waals surface area contributed by atoms with Gasteiger partial charge in [0, 0.05) is 32.7 Å². The molecule has 0 amide bonds. The minimum atomic E-state index is 0.269. The van der Waals surface area contributed by atoms with Gasteiger partial charge in [-0.05, 0) is 6.42 Å². The van der Waals surface area contributed by atoms with Crippen LogP contribution >= 0.6 is 0 Å². The zero-order valence-corrected chi connectivity index (χ0v) is 14.8. The topological polar surface area (TPSA) is 52.7 Å². The third-order valence-electron chi connectivity index (χ3n) is 4.89. The summed E-state index contributed by atoms with van der Waals surface area (Å²) in [6.07, 6.45) is 14.2. The van der Waals surface area contributed by atoms with Crippen molar-refractivity contribution in [2.45, 2.75) is 77.3 Å².